The summed E-state index contributed by atoms with van der Waals surface area (Å²) in [5, 5.41) is 0. The lowest BCUT2D eigenvalue weighted by Gasteiger charge is -1.99. The lowest BCUT2D eigenvalue weighted by molar-refractivity contribution is 1.13. The molecule has 0 N–H and O–H groups in total. The van der Waals surface area contributed by atoms with E-state index in [1.165, 1.54) is 11.1 Å². The van der Waals surface area contributed by atoms with Crippen molar-refractivity contribution >= 4 is 6.08 Å². The summed E-state index contributed by atoms with van der Waals surface area (Å²) in [7, 11) is 0. The molecule has 0 unspecified atom stereocenters. The number of hydrogen-bond acceptors (Lipinski definition) is 0. The Bertz CT molecular complexity index is 223. The molecule has 0 amide bonds. The minimum absolute atomic E-state index is 0. The maximum Gasteiger partial charge on any atom is -0.0231 e. The van der Waals surface area contributed by atoms with Crippen LogP contribution in [0.4, 0.5) is 0 Å². The van der Waals surface area contributed by atoms with Gasteiger partial charge in [0.05, 0.1) is 0 Å². The summed E-state index contributed by atoms with van der Waals surface area (Å²) < 4.78 is 0. The zero-order valence-corrected chi connectivity index (χ0v) is 6.88. The first-order chi connectivity index (χ1) is 4.88. The van der Waals surface area contributed by atoms with Crippen LogP contribution in [0.25, 0.3) is 6.08 Å². The maximum atomic E-state index is 3.74. The highest BCUT2D eigenvalue weighted by Crippen LogP contribution is 2.09. The minimum Gasteiger partial charge on any atom is -0.0985 e. The molecular formula is C11H13. The van der Waals surface area contributed by atoms with Crippen LogP contribution >= 0.6 is 0 Å². The fraction of sp³-hybridized carbons (Fsp3) is 0.182. The summed E-state index contributed by atoms with van der Waals surface area (Å²) in [4.78, 5) is 0. The van der Waals surface area contributed by atoms with Crippen LogP contribution in [0, 0.1) is 7.43 Å². The second-order valence-corrected chi connectivity index (χ2v) is 2.26. The van der Waals surface area contributed by atoms with Gasteiger partial charge in [-0.3, -0.25) is 0 Å². The number of rotatable bonds is 2. The van der Waals surface area contributed by atoms with Gasteiger partial charge in [-0.1, -0.05) is 43.8 Å². The summed E-state index contributed by atoms with van der Waals surface area (Å²) in [5.74, 6) is 0. The van der Waals surface area contributed by atoms with E-state index in [0.29, 0.717) is 0 Å². The molecule has 11 heavy (non-hydrogen) atoms. The standard InChI is InChI=1S/C10H12.CH/c1-3-9-7-5-6-8-10(9)4-2;/h3,5-8H,1,4H2,2H3;1H. The van der Waals surface area contributed by atoms with Crippen LogP contribution in [0.1, 0.15) is 18.1 Å². The van der Waals surface area contributed by atoms with Gasteiger partial charge in [-0.05, 0) is 25.0 Å². The molecule has 0 spiro atoms. The first-order valence-corrected chi connectivity index (χ1v) is 3.58. The van der Waals surface area contributed by atoms with E-state index in [4.69, 9.17) is 0 Å². The van der Waals surface area contributed by atoms with Crippen LogP contribution in [0.5, 0.6) is 0 Å². The molecule has 1 aromatic rings. The molecule has 0 aliphatic rings. The van der Waals surface area contributed by atoms with E-state index in [2.05, 4.69) is 31.7 Å². The topological polar surface area (TPSA) is 0 Å². The van der Waals surface area contributed by atoms with Gasteiger partial charge in [0, 0.05) is 0 Å². The van der Waals surface area contributed by atoms with E-state index >= 15 is 0 Å². The molecule has 0 aliphatic carbocycles. The van der Waals surface area contributed by atoms with E-state index in [-0.39, 0.29) is 7.43 Å². The van der Waals surface area contributed by atoms with Crippen molar-refractivity contribution in [3.63, 3.8) is 0 Å². The molecule has 0 heterocycles. The van der Waals surface area contributed by atoms with Gasteiger partial charge in [-0.15, -0.1) is 0 Å². The molecule has 1 aromatic carbocycles. The molecule has 0 atom stereocenters. The highest BCUT2D eigenvalue weighted by Gasteiger charge is 1.91. The van der Waals surface area contributed by atoms with Crippen molar-refractivity contribution in [3.8, 4) is 0 Å². The van der Waals surface area contributed by atoms with Gasteiger partial charge < -0.3 is 0 Å². The first-order valence-electron chi connectivity index (χ1n) is 3.58. The van der Waals surface area contributed by atoms with Crippen LogP contribution in [0.3, 0.4) is 0 Å². The van der Waals surface area contributed by atoms with Gasteiger partial charge in [0.1, 0.15) is 0 Å². The van der Waals surface area contributed by atoms with Gasteiger partial charge in [0.25, 0.3) is 0 Å². The van der Waals surface area contributed by atoms with E-state index in [9.17, 15) is 0 Å². The van der Waals surface area contributed by atoms with Crippen molar-refractivity contribution in [3.05, 3.63) is 49.4 Å². The molecule has 0 heteroatoms. The van der Waals surface area contributed by atoms with E-state index in [1.54, 1.807) is 0 Å². The molecule has 0 aliphatic heterocycles. The Morgan fingerprint density at radius 1 is 1.36 bits per heavy atom. The van der Waals surface area contributed by atoms with Gasteiger partial charge in [-0.2, -0.15) is 0 Å². The Hall–Kier alpha value is -1.04. The molecule has 1 rings (SSSR count). The number of hydrogen-bond donors (Lipinski definition) is 0. The second kappa shape index (κ2) is 4.73. The second-order valence-electron chi connectivity index (χ2n) is 2.26. The van der Waals surface area contributed by atoms with Crippen LogP contribution < -0.4 is 0 Å². The smallest absolute Gasteiger partial charge is 0.0231 e. The highest BCUT2D eigenvalue weighted by atomic mass is 14.0. The molecule has 0 nitrogen and oxygen atoms in total. The Morgan fingerprint density at radius 2 is 2.00 bits per heavy atom. The quantitative estimate of drug-likeness (QED) is 0.600. The molecule has 3 radical (unpaired) electrons. The lowest BCUT2D eigenvalue weighted by Crippen LogP contribution is -1.83. The van der Waals surface area contributed by atoms with E-state index in [0.717, 1.165) is 6.42 Å². The fourth-order valence-corrected chi connectivity index (χ4v) is 1.06. The van der Waals surface area contributed by atoms with Crippen molar-refractivity contribution in [2.24, 2.45) is 0 Å². The van der Waals surface area contributed by atoms with Crippen molar-refractivity contribution in [2.45, 2.75) is 13.3 Å². The summed E-state index contributed by atoms with van der Waals surface area (Å²) in [6, 6.07) is 8.32. The molecule has 0 aromatic heterocycles. The third-order valence-electron chi connectivity index (χ3n) is 1.66. The first kappa shape index (κ1) is 9.96. The summed E-state index contributed by atoms with van der Waals surface area (Å²) in [5.41, 5.74) is 2.63. The van der Waals surface area contributed by atoms with Crippen molar-refractivity contribution in [1.82, 2.24) is 0 Å². The summed E-state index contributed by atoms with van der Waals surface area (Å²) in [6.45, 7) is 5.89. The number of aryl methyl sites for hydroxylation is 1. The predicted octanol–water partition coefficient (Wildman–Crippen LogP) is 3.10. The fourth-order valence-electron chi connectivity index (χ4n) is 1.06. The average molecular weight is 145 g/mol. The van der Waals surface area contributed by atoms with Gasteiger partial charge in [0.2, 0.25) is 0 Å². The van der Waals surface area contributed by atoms with Crippen molar-refractivity contribution in [1.29, 1.82) is 0 Å². The van der Waals surface area contributed by atoms with Crippen molar-refractivity contribution < 1.29 is 0 Å². The summed E-state index contributed by atoms with van der Waals surface area (Å²) >= 11 is 0. The van der Waals surface area contributed by atoms with Gasteiger partial charge >= 0.3 is 0 Å². The highest BCUT2D eigenvalue weighted by molar-refractivity contribution is 5.51. The molecule has 57 valence electrons. The Kier molecular flexibility index (Phi) is 4.28. The zero-order valence-electron chi connectivity index (χ0n) is 6.88. The third kappa shape index (κ3) is 2.23. The monoisotopic (exact) mass is 145 g/mol. The maximum absolute atomic E-state index is 3.74. The average Bonchev–Trinajstić information content (AvgIpc) is 2.04. The molecule has 0 saturated heterocycles. The normalized spacial score (nSPS) is 8.45. The Balaban J connectivity index is 0.000001000. The van der Waals surface area contributed by atoms with E-state index < -0.39 is 0 Å². The zero-order chi connectivity index (χ0) is 7.40. The largest absolute Gasteiger partial charge is 0.0985 e. The van der Waals surface area contributed by atoms with Gasteiger partial charge in [0.15, 0.2) is 0 Å². The van der Waals surface area contributed by atoms with Crippen LogP contribution in [-0.4, -0.2) is 0 Å². The van der Waals surface area contributed by atoms with Crippen LogP contribution in [0.2, 0.25) is 0 Å². The van der Waals surface area contributed by atoms with Gasteiger partial charge in [-0.25, -0.2) is 0 Å². The SMILES string of the molecule is C=Cc1ccccc1CC.[CH]. The van der Waals surface area contributed by atoms with Crippen LogP contribution in [-0.2, 0) is 6.42 Å². The molecular weight excluding hydrogens is 132 g/mol. The van der Waals surface area contributed by atoms with Crippen molar-refractivity contribution in [2.75, 3.05) is 0 Å². The molecule has 0 fully saturated rings. The third-order valence-corrected chi connectivity index (χ3v) is 1.66. The van der Waals surface area contributed by atoms with E-state index in [1.807, 2.05) is 12.1 Å². The Morgan fingerprint density at radius 3 is 2.45 bits per heavy atom. The Labute approximate surface area is 69.6 Å². The molecule has 0 saturated carbocycles. The van der Waals surface area contributed by atoms with Crippen LogP contribution in [0.15, 0.2) is 30.8 Å². The summed E-state index contributed by atoms with van der Waals surface area (Å²) in [6.07, 6.45) is 2.99. The number of benzene rings is 1. The molecule has 0 bridgehead atoms. The minimum atomic E-state index is 0. The predicted molar refractivity (Wildman–Crippen MR) is 50.2 cm³/mol. The lowest BCUT2D eigenvalue weighted by atomic mass is 10.1.